The van der Waals surface area contributed by atoms with Gasteiger partial charge in [-0.2, -0.15) is 0 Å². The van der Waals surface area contributed by atoms with Gasteiger partial charge in [0, 0.05) is 29.3 Å². The molecule has 0 saturated carbocycles. The maximum Gasteiger partial charge on any atom is 0.0426 e. The van der Waals surface area contributed by atoms with Gasteiger partial charge in [-0.15, -0.1) is 0 Å². The molecule has 2 nitrogen and oxygen atoms in total. The lowest BCUT2D eigenvalue weighted by molar-refractivity contribution is 0.387. The van der Waals surface area contributed by atoms with Crippen LogP contribution < -0.4 is 10.2 Å². The molecule has 1 aliphatic heterocycles. The number of piperidine rings is 1. The Kier molecular flexibility index (Phi) is 3.95. The van der Waals surface area contributed by atoms with Gasteiger partial charge in [-0.05, 0) is 51.4 Å². The molecule has 0 aliphatic carbocycles. The SMILES string of the molecule is CNC1CCN(c2cc(Cl)ccc2C)C(C)C1. The normalized spacial score (nSPS) is 25.1. The highest BCUT2D eigenvalue weighted by atomic mass is 35.5. The van der Waals surface area contributed by atoms with Crippen LogP contribution in [0.4, 0.5) is 5.69 Å². The molecule has 2 atom stereocenters. The summed E-state index contributed by atoms with van der Waals surface area (Å²) in [6, 6.07) is 7.38. The van der Waals surface area contributed by atoms with E-state index in [1.165, 1.54) is 24.1 Å². The molecular formula is C14H21ClN2. The van der Waals surface area contributed by atoms with Gasteiger partial charge in [-0.25, -0.2) is 0 Å². The molecule has 1 heterocycles. The maximum atomic E-state index is 6.10. The van der Waals surface area contributed by atoms with Crippen LogP contribution in [0.5, 0.6) is 0 Å². The molecule has 1 aromatic rings. The largest absolute Gasteiger partial charge is 0.368 e. The Morgan fingerprint density at radius 1 is 1.41 bits per heavy atom. The lowest BCUT2D eigenvalue weighted by atomic mass is 9.97. The molecule has 0 aromatic heterocycles. The quantitative estimate of drug-likeness (QED) is 0.870. The monoisotopic (exact) mass is 252 g/mol. The van der Waals surface area contributed by atoms with E-state index in [1.807, 2.05) is 6.07 Å². The summed E-state index contributed by atoms with van der Waals surface area (Å²) in [6.07, 6.45) is 2.40. The number of aryl methyl sites for hydroxylation is 1. The van der Waals surface area contributed by atoms with Crippen molar-refractivity contribution in [3.05, 3.63) is 28.8 Å². The molecule has 17 heavy (non-hydrogen) atoms. The van der Waals surface area contributed by atoms with Crippen LogP contribution >= 0.6 is 11.6 Å². The standard InChI is InChI=1S/C14H21ClN2/c1-10-4-5-12(15)9-14(10)17-7-6-13(16-3)8-11(17)2/h4-5,9,11,13,16H,6-8H2,1-3H3. The van der Waals surface area contributed by atoms with Crippen molar-refractivity contribution >= 4 is 17.3 Å². The molecular weight excluding hydrogens is 232 g/mol. The zero-order valence-corrected chi connectivity index (χ0v) is 11.6. The minimum Gasteiger partial charge on any atom is -0.368 e. The Morgan fingerprint density at radius 2 is 2.18 bits per heavy atom. The second-order valence-corrected chi connectivity index (χ2v) is 5.42. The summed E-state index contributed by atoms with van der Waals surface area (Å²) in [5.41, 5.74) is 2.60. The van der Waals surface area contributed by atoms with Crippen molar-refractivity contribution < 1.29 is 0 Å². The highest BCUT2D eigenvalue weighted by Crippen LogP contribution is 2.29. The number of rotatable bonds is 2. The van der Waals surface area contributed by atoms with Crippen molar-refractivity contribution in [1.29, 1.82) is 0 Å². The van der Waals surface area contributed by atoms with Crippen LogP contribution in [0.3, 0.4) is 0 Å². The third-order valence-electron chi connectivity index (χ3n) is 3.77. The Bertz CT molecular complexity index is 392. The van der Waals surface area contributed by atoms with Crippen LogP contribution in [0, 0.1) is 6.92 Å². The first kappa shape index (κ1) is 12.7. The molecule has 1 aliphatic rings. The molecule has 0 spiro atoms. The minimum atomic E-state index is 0.568. The predicted molar refractivity (Wildman–Crippen MR) is 75.1 cm³/mol. The second-order valence-electron chi connectivity index (χ2n) is 4.98. The third-order valence-corrected chi connectivity index (χ3v) is 4.00. The van der Waals surface area contributed by atoms with Crippen LogP contribution in [-0.2, 0) is 0 Å². The van der Waals surface area contributed by atoms with Crippen LogP contribution in [0.25, 0.3) is 0 Å². The van der Waals surface area contributed by atoms with Gasteiger partial charge >= 0.3 is 0 Å². The number of hydrogen-bond acceptors (Lipinski definition) is 2. The van der Waals surface area contributed by atoms with Crippen LogP contribution in [0.1, 0.15) is 25.3 Å². The average molecular weight is 253 g/mol. The van der Waals surface area contributed by atoms with Crippen molar-refractivity contribution in [3.63, 3.8) is 0 Å². The van der Waals surface area contributed by atoms with E-state index in [-0.39, 0.29) is 0 Å². The zero-order valence-electron chi connectivity index (χ0n) is 10.8. The fraction of sp³-hybridized carbons (Fsp3) is 0.571. The molecule has 1 aromatic carbocycles. The predicted octanol–water partition coefficient (Wildman–Crippen LogP) is 3.23. The van der Waals surface area contributed by atoms with E-state index in [0.29, 0.717) is 12.1 Å². The molecule has 0 bridgehead atoms. The van der Waals surface area contributed by atoms with Gasteiger partial charge in [0.15, 0.2) is 0 Å². The lowest BCUT2D eigenvalue weighted by Gasteiger charge is -2.40. The van der Waals surface area contributed by atoms with E-state index >= 15 is 0 Å². The van der Waals surface area contributed by atoms with Crippen molar-refractivity contribution in [2.45, 2.75) is 38.8 Å². The molecule has 3 heteroatoms. The van der Waals surface area contributed by atoms with Gasteiger partial charge in [0.1, 0.15) is 0 Å². The van der Waals surface area contributed by atoms with Crippen LogP contribution in [0.15, 0.2) is 18.2 Å². The van der Waals surface area contributed by atoms with Crippen LogP contribution in [-0.4, -0.2) is 25.7 Å². The van der Waals surface area contributed by atoms with Crippen LogP contribution in [0.2, 0.25) is 5.02 Å². The fourth-order valence-corrected chi connectivity index (χ4v) is 2.85. The molecule has 1 N–H and O–H groups in total. The Morgan fingerprint density at radius 3 is 2.82 bits per heavy atom. The summed E-state index contributed by atoms with van der Waals surface area (Å²) in [5.74, 6) is 0. The summed E-state index contributed by atoms with van der Waals surface area (Å²) < 4.78 is 0. The van der Waals surface area contributed by atoms with Crippen molar-refractivity contribution in [2.24, 2.45) is 0 Å². The van der Waals surface area contributed by atoms with Gasteiger partial charge in [-0.3, -0.25) is 0 Å². The average Bonchev–Trinajstić information content (AvgIpc) is 2.32. The first-order valence-electron chi connectivity index (χ1n) is 6.32. The number of anilines is 1. The van der Waals surface area contributed by atoms with Crippen molar-refractivity contribution in [2.75, 3.05) is 18.5 Å². The van der Waals surface area contributed by atoms with Crippen molar-refractivity contribution in [3.8, 4) is 0 Å². The number of hydrogen-bond donors (Lipinski definition) is 1. The summed E-state index contributed by atoms with van der Waals surface area (Å²) in [5, 5.41) is 4.21. The van der Waals surface area contributed by atoms with Gasteiger partial charge in [0.05, 0.1) is 0 Å². The summed E-state index contributed by atoms with van der Waals surface area (Å²) in [4.78, 5) is 2.48. The van der Waals surface area contributed by atoms with E-state index in [4.69, 9.17) is 11.6 Å². The fourth-order valence-electron chi connectivity index (χ4n) is 2.68. The Hall–Kier alpha value is -0.730. The number of benzene rings is 1. The van der Waals surface area contributed by atoms with Gasteiger partial charge in [-0.1, -0.05) is 17.7 Å². The molecule has 1 saturated heterocycles. The molecule has 2 unspecified atom stereocenters. The van der Waals surface area contributed by atoms with Gasteiger partial charge in [0.25, 0.3) is 0 Å². The molecule has 94 valence electrons. The van der Waals surface area contributed by atoms with E-state index in [2.05, 4.69) is 43.2 Å². The van der Waals surface area contributed by atoms with E-state index in [0.717, 1.165) is 11.6 Å². The van der Waals surface area contributed by atoms with Gasteiger partial charge < -0.3 is 10.2 Å². The molecule has 0 amide bonds. The van der Waals surface area contributed by atoms with Crippen molar-refractivity contribution in [1.82, 2.24) is 5.32 Å². The summed E-state index contributed by atoms with van der Waals surface area (Å²) in [7, 11) is 2.05. The van der Waals surface area contributed by atoms with Gasteiger partial charge in [0.2, 0.25) is 0 Å². The first-order chi connectivity index (χ1) is 8.11. The first-order valence-corrected chi connectivity index (χ1v) is 6.69. The Labute approximate surface area is 109 Å². The number of halogens is 1. The maximum absolute atomic E-state index is 6.10. The Balaban J connectivity index is 2.20. The highest BCUT2D eigenvalue weighted by Gasteiger charge is 2.25. The second kappa shape index (κ2) is 5.28. The van der Waals surface area contributed by atoms with E-state index < -0.39 is 0 Å². The topological polar surface area (TPSA) is 15.3 Å². The zero-order chi connectivity index (χ0) is 12.4. The lowest BCUT2D eigenvalue weighted by Crippen LogP contribution is -2.46. The number of nitrogens with one attached hydrogen (secondary N) is 1. The molecule has 0 radical (unpaired) electrons. The molecule has 1 fully saturated rings. The van der Waals surface area contributed by atoms with E-state index in [9.17, 15) is 0 Å². The van der Waals surface area contributed by atoms with E-state index in [1.54, 1.807) is 0 Å². The highest BCUT2D eigenvalue weighted by molar-refractivity contribution is 6.30. The molecule has 2 rings (SSSR count). The minimum absolute atomic E-state index is 0.568. The summed E-state index contributed by atoms with van der Waals surface area (Å²) in [6.45, 7) is 5.56. The smallest absolute Gasteiger partial charge is 0.0426 e. The third kappa shape index (κ3) is 2.75. The summed E-state index contributed by atoms with van der Waals surface area (Å²) >= 11 is 6.10. The number of nitrogens with zero attached hydrogens (tertiary/aromatic N) is 1.